The Morgan fingerprint density at radius 2 is 2.00 bits per heavy atom. The zero-order chi connectivity index (χ0) is 10.3. The van der Waals surface area contributed by atoms with E-state index < -0.39 is 0 Å². The quantitative estimate of drug-likeness (QED) is 0.563. The molecule has 0 aliphatic heterocycles. The summed E-state index contributed by atoms with van der Waals surface area (Å²) >= 11 is 0. The maximum absolute atomic E-state index is 10.6. The molecule has 0 fully saturated rings. The van der Waals surface area contributed by atoms with E-state index in [-0.39, 0.29) is 5.78 Å². The van der Waals surface area contributed by atoms with Gasteiger partial charge in [-0.05, 0) is 27.8 Å². The van der Waals surface area contributed by atoms with E-state index in [4.69, 9.17) is 4.74 Å². The minimum atomic E-state index is 0.192. The Hall–Kier alpha value is -0.410. The second-order valence-corrected chi connectivity index (χ2v) is 3.64. The lowest BCUT2D eigenvalue weighted by Gasteiger charge is -2.20. The molecule has 78 valence electrons. The molecule has 0 amide bonds. The zero-order valence-corrected chi connectivity index (χ0v) is 9.17. The molecule has 0 unspecified atom stereocenters. The molecule has 0 atom stereocenters. The molecule has 0 saturated heterocycles. The van der Waals surface area contributed by atoms with Gasteiger partial charge in [0, 0.05) is 19.0 Å². The van der Waals surface area contributed by atoms with Crippen molar-refractivity contribution in [2.75, 3.05) is 26.8 Å². The highest BCUT2D eigenvalue weighted by Gasteiger charge is 2.01. The third-order valence-corrected chi connectivity index (χ3v) is 2.07. The standard InChI is InChI=1S/C10H21NO2/c1-9(2)11(4)6-8-13-7-5-10(3)12/h9H,5-8H2,1-4H3. The number of hydrogen-bond acceptors (Lipinski definition) is 3. The van der Waals surface area contributed by atoms with Crippen molar-refractivity contribution in [3.8, 4) is 0 Å². The van der Waals surface area contributed by atoms with E-state index in [1.165, 1.54) is 0 Å². The Morgan fingerprint density at radius 1 is 1.38 bits per heavy atom. The fourth-order valence-corrected chi connectivity index (χ4v) is 0.785. The predicted molar refractivity (Wildman–Crippen MR) is 53.9 cm³/mol. The summed E-state index contributed by atoms with van der Waals surface area (Å²) in [6, 6.07) is 0.552. The number of ketones is 1. The lowest BCUT2D eigenvalue weighted by molar-refractivity contribution is -0.118. The number of hydrogen-bond donors (Lipinski definition) is 0. The summed E-state index contributed by atoms with van der Waals surface area (Å²) in [6.45, 7) is 8.08. The van der Waals surface area contributed by atoms with Crippen molar-refractivity contribution in [1.29, 1.82) is 0 Å². The van der Waals surface area contributed by atoms with Crippen molar-refractivity contribution < 1.29 is 9.53 Å². The van der Waals surface area contributed by atoms with Crippen LogP contribution in [0, 0.1) is 0 Å². The SMILES string of the molecule is CC(=O)CCOCCN(C)C(C)C. The highest BCUT2D eigenvalue weighted by atomic mass is 16.5. The Labute approximate surface area is 81.1 Å². The second-order valence-electron chi connectivity index (χ2n) is 3.64. The van der Waals surface area contributed by atoms with E-state index in [0.29, 0.717) is 25.7 Å². The fourth-order valence-electron chi connectivity index (χ4n) is 0.785. The summed E-state index contributed by atoms with van der Waals surface area (Å²) in [4.78, 5) is 12.8. The zero-order valence-electron chi connectivity index (χ0n) is 9.17. The first-order valence-corrected chi connectivity index (χ1v) is 4.81. The Kier molecular flexibility index (Phi) is 6.82. The summed E-state index contributed by atoms with van der Waals surface area (Å²) in [6.07, 6.45) is 0.533. The third-order valence-electron chi connectivity index (χ3n) is 2.07. The van der Waals surface area contributed by atoms with Gasteiger partial charge in [-0.25, -0.2) is 0 Å². The molecule has 0 rings (SSSR count). The summed E-state index contributed by atoms with van der Waals surface area (Å²) in [5, 5.41) is 0. The van der Waals surface area contributed by atoms with E-state index in [1.807, 2.05) is 0 Å². The van der Waals surface area contributed by atoms with Gasteiger partial charge >= 0.3 is 0 Å². The molecule has 0 aromatic heterocycles. The highest BCUT2D eigenvalue weighted by Crippen LogP contribution is 1.93. The molecule has 0 aromatic carbocycles. The molecular weight excluding hydrogens is 166 g/mol. The van der Waals surface area contributed by atoms with Crippen molar-refractivity contribution in [2.45, 2.75) is 33.2 Å². The lowest BCUT2D eigenvalue weighted by atomic mass is 10.3. The van der Waals surface area contributed by atoms with Gasteiger partial charge in [0.25, 0.3) is 0 Å². The first kappa shape index (κ1) is 12.6. The van der Waals surface area contributed by atoms with Crippen LogP contribution in [0.3, 0.4) is 0 Å². The van der Waals surface area contributed by atoms with E-state index in [0.717, 1.165) is 6.54 Å². The number of rotatable bonds is 7. The molecule has 0 bridgehead atoms. The normalized spacial score (nSPS) is 11.2. The van der Waals surface area contributed by atoms with E-state index in [2.05, 4.69) is 25.8 Å². The number of carbonyl (C=O) groups is 1. The smallest absolute Gasteiger partial charge is 0.132 e. The first-order chi connectivity index (χ1) is 6.04. The van der Waals surface area contributed by atoms with Crippen LogP contribution in [-0.4, -0.2) is 43.5 Å². The Bertz CT molecular complexity index is 146. The number of nitrogens with zero attached hydrogens (tertiary/aromatic N) is 1. The largest absolute Gasteiger partial charge is 0.380 e. The van der Waals surface area contributed by atoms with Crippen molar-refractivity contribution >= 4 is 5.78 Å². The van der Waals surface area contributed by atoms with E-state index >= 15 is 0 Å². The van der Waals surface area contributed by atoms with Crippen LogP contribution in [0.1, 0.15) is 27.2 Å². The highest BCUT2D eigenvalue weighted by molar-refractivity contribution is 5.75. The maximum Gasteiger partial charge on any atom is 0.132 e. The van der Waals surface area contributed by atoms with Crippen molar-refractivity contribution in [2.24, 2.45) is 0 Å². The van der Waals surface area contributed by atoms with E-state index in [1.54, 1.807) is 6.92 Å². The molecule has 3 heteroatoms. The van der Waals surface area contributed by atoms with Gasteiger partial charge in [0.2, 0.25) is 0 Å². The molecule has 0 aromatic rings. The van der Waals surface area contributed by atoms with Gasteiger partial charge in [0.05, 0.1) is 13.2 Å². The minimum Gasteiger partial charge on any atom is -0.380 e. The maximum atomic E-state index is 10.6. The molecular formula is C10H21NO2. The van der Waals surface area contributed by atoms with Gasteiger partial charge < -0.3 is 9.64 Å². The molecule has 0 saturated carbocycles. The average Bonchev–Trinajstić information content (AvgIpc) is 2.02. The predicted octanol–water partition coefficient (Wildman–Crippen LogP) is 1.32. The topological polar surface area (TPSA) is 29.5 Å². The molecule has 0 aliphatic carbocycles. The number of ether oxygens (including phenoxy) is 1. The van der Waals surface area contributed by atoms with Crippen LogP contribution in [0.2, 0.25) is 0 Å². The number of Topliss-reactive ketones (excluding diaryl/α,β-unsaturated/α-hetero) is 1. The van der Waals surface area contributed by atoms with Gasteiger partial charge in [0.15, 0.2) is 0 Å². The van der Waals surface area contributed by atoms with Crippen molar-refractivity contribution in [3.63, 3.8) is 0 Å². The molecule has 0 aliphatic rings. The van der Waals surface area contributed by atoms with Gasteiger partial charge in [-0.1, -0.05) is 0 Å². The van der Waals surface area contributed by atoms with Gasteiger partial charge in [-0.2, -0.15) is 0 Å². The summed E-state index contributed by atoms with van der Waals surface area (Å²) in [7, 11) is 2.07. The molecule has 0 N–H and O–H groups in total. The number of carbonyl (C=O) groups excluding carboxylic acids is 1. The molecule has 0 radical (unpaired) electrons. The van der Waals surface area contributed by atoms with Crippen LogP contribution in [-0.2, 0) is 9.53 Å². The average molecular weight is 187 g/mol. The number of likely N-dealkylation sites (N-methyl/N-ethyl adjacent to an activating group) is 1. The Balaban J connectivity index is 3.21. The molecule has 13 heavy (non-hydrogen) atoms. The lowest BCUT2D eigenvalue weighted by Crippen LogP contribution is -2.29. The monoisotopic (exact) mass is 187 g/mol. The minimum absolute atomic E-state index is 0.192. The molecule has 0 heterocycles. The van der Waals surface area contributed by atoms with Crippen LogP contribution in [0.4, 0.5) is 0 Å². The molecule has 3 nitrogen and oxygen atoms in total. The summed E-state index contributed by atoms with van der Waals surface area (Å²) in [5.74, 6) is 0.192. The van der Waals surface area contributed by atoms with Gasteiger partial charge in [0.1, 0.15) is 5.78 Å². The fraction of sp³-hybridized carbons (Fsp3) is 0.900. The van der Waals surface area contributed by atoms with Gasteiger partial charge in [-0.15, -0.1) is 0 Å². The second kappa shape index (κ2) is 7.04. The van der Waals surface area contributed by atoms with Crippen LogP contribution >= 0.6 is 0 Å². The third kappa shape index (κ3) is 7.94. The molecule has 0 spiro atoms. The first-order valence-electron chi connectivity index (χ1n) is 4.81. The van der Waals surface area contributed by atoms with Crippen LogP contribution in [0.25, 0.3) is 0 Å². The van der Waals surface area contributed by atoms with Crippen LogP contribution in [0.5, 0.6) is 0 Å². The Morgan fingerprint density at radius 3 is 2.46 bits per heavy atom. The van der Waals surface area contributed by atoms with Crippen LogP contribution in [0.15, 0.2) is 0 Å². The van der Waals surface area contributed by atoms with Crippen molar-refractivity contribution in [3.05, 3.63) is 0 Å². The van der Waals surface area contributed by atoms with Crippen molar-refractivity contribution in [1.82, 2.24) is 4.90 Å². The van der Waals surface area contributed by atoms with Crippen LogP contribution < -0.4 is 0 Å². The van der Waals surface area contributed by atoms with E-state index in [9.17, 15) is 4.79 Å². The summed E-state index contributed by atoms with van der Waals surface area (Å²) in [5.41, 5.74) is 0. The summed E-state index contributed by atoms with van der Waals surface area (Å²) < 4.78 is 5.30. The van der Waals surface area contributed by atoms with Gasteiger partial charge in [-0.3, -0.25) is 4.79 Å².